The molecular formula is C14H25N3O3. The van der Waals surface area contributed by atoms with Gasteiger partial charge in [0.05, 0.1) is 0 Å². The Hall–Kier alpha value is -1.30. The van der Waals surface area contributed by atoms with E-state index in [0.29, 0.717) is 31.8 Å². The van der Waals surface area contributed by atoms with Gasteiger partial charge in [0.2, 0.25) is 0 Å². The number of hydrogen-bond acceptors (Lipinski definition) is 3. The lowest BCUT2D eigenvalue weighted by atomic mass is 9.76. The fourth-order valence-corrected chi connectivity index (χ4v) is 3.25. The SMILES string of the molecule is CC1CCCC(NC(=O)N2CCCNCC2)(C(=O)O)C1. The van der Waals surface area contributed by atoms with Crippen molar-refractivity contribution < 1.29 is 14.7 Å². The van der Waals surface area contributed by atoms with Gasteiger partial charge in [-0.3, -0.25) is 0 Å². The van der Waals surface area contributed by atoms with Crippen LogP contribution in [-0.2, 0) is 4.79 Å². The molecule has 0 spiro atoms. The Labute approximate surface area is 119 Å². The maximum atomic E-state index is 12.4. The summed E-state index contributed by atoms with van der Waals surface area (Å²) in [6.45, 7) is 5.05. The van der Waals surface area contributed by atoms with Crippen LogP contribution >= 0.6 is 0 Å². The van der Waals surface area contributed by atoms with Crippen LogP contribution < -0.4 is 10.6 Å². The molecule has 1 aliphatic heterocycles. The molecule has 2 unspecified atom stereocenters. The molecule has 1 aliphatic carbocycles. The third-order valence-corrected chi connectivity index (χ3v) is 4.38. The van der Waals surface area contributed by atoms with Crippen LogP contribution in [0, 0.1) is 5.92 Å². The molecular weight excluding hydrogens is 258 g/mol. The Balaban J connectivity index is 2.03. The molecule has 1 saturated carbocycles. The number of carboxylic acid groups (broad SMARTS) is 1. The van der Waals surface area contributed by atoms with Crippen LogP contribution in [0.2, 0.25) is 0 Å². The summed E-state index contributed by atoms with van der Waals surface area (Å²) in [5, 5.41) is 15.6. The molecule has 20 heavy (non-hydrogen) atoms. The predicted molar refractivity (Wildman–Crippen MR) is 75.6 cm³/mol. The fourth-order valence-electron chi connectivity index (χ4n) is 3.25. The first-order chi connectivity index (χ1) is 9.53. The van der Waals surface area contributed by atoms with E-state index in [1.165, 1.54) is 0 Å². The van der Waals surface area contributed by atoms with Crippen molar-refractivity contribution in [3.05, 3.63) is 0 Å². The largest absolute Gasteiger partial charge is 0.480 e. The van der Waals surface area contributed by atoms with Crippen molar-refractivity contribution in [2.45, 2.75) is 44.6 Å². The molecule has 6 nitrogen and oxygen atoms in total. The molecule has 0 aromatic rings. The average molecular weight is 283 g/mol. The Morgan fingerprint density at radius 1 is 1.30 bits per heavy atom. The Morgan fingerprint density at radius 2 is 2.10 bits per heavy atom. The first kappa shape index (κ1) is 15.1. The van der Waals surface area contributed by atoms with Gasteiger partial charge in [-0.25, -0.2) is 9.59 Å². The van der Waals surface area contributed by atoms with Crippen LogP contribution in [-0.4, -0.2) is 53.7 Å². The normalized spacial score (nSPS) is 31.4. The number of nitrogens with zero attached hydrogens (tertiary/aromatic N) is 1. The number of rotatable bonds is 2. The van der Waals surface area contributed by atoms with Gasteiger partial charge in [0.15, 0.2) is 0 Å². The van der Waals surface area contributed by atoms with Crippen LogP contribution in [0.1, 0.15) is 39.0 Å². The minimum absolute atomic E-state index is 0.231. The molecule has 2 rings (SSSR count). The van der Waals surface area contributed by atoms with Crippen molar-refractivity contribution in [1.29, 1.82) is 0 Å². The highest BCUT2D eigenvalue weighted by atomic mass is 16.4. The van der Waals surface area contributed by atoms with Gasteiger partial charge in [0.1, 0.15) is 5.54 Å². The molecule has 1 heterocycles. The quantitative estimate of drug-likeness (QED) is 0.707. The average Bonchev–Trinajstić information content (AvgIpc) is 2.67. The molecule has 0 bridgehead atoms. The van der Waals surface area contributed by atoms with Gasteiger partial charge in [-0.2, -0.15) is 0 Å². The Morgan fingerprint density at radius 3 is 2.80 bits per heavy atom. The van der Waals surface area contributed by atoms with Crippen LogP contribution in [0.3, 0.4) is 0 Å². The van der Waals surface area contributed by atoms with Crippen molar-refractivity contribution in [2.24, 2.45) is 5.92 Å². The summed E-state index contributed by atoms with van der Waals surface area (Å²) in [6.07, 6.45) is 3.86. The number of hydrogen-bond donors (Lipinski definition) is 3. The van der Waals surface area contributed by atoms with Gasteiger partial charge >= 0.3 is 12.0 Å². The predicted octanol–water partition coefficient (Wildman–Crippen LogP) is 1.02. The molecule has 2 amide bonds. The van der Waals surface area contributed by atoms with E-state index in [9.17, 15) is 14.7 Å². The third kappa shape index (κ3) is 3.42. The van der Waals surface area contributed by atoms with Gasteiger partial charge in [0.25, 0.3) is 0 Å². The molecule has 2 aliphatic rings. The smallest absolute Gasteiger partial charge is 0.329 e. The molecule has 3 N–H and O–H groups in total. The number of urea groups is 1. The van der Waals surface area contributed by atoms with Gasteiger partial charge < -0.3 is 20.6 Å². The van der Waals surface area contributed by atoms with Crippen LogP contribution in [0.4, 0.5) is 4.79 Å². The number of carbonyl (C=O) groups is 2. The van der Waals surface area contributed by atoms with Gasteiger partial charge in [-0.15, -0.1) is 0 Å². The molecule has 0 aromatic heterocycles. The molecule has 0 radical (unpaired) electrons. The molecule has 114 valence electrons. The maximum absolute atomic E-state index is 12.4. The minimum atomic E-state index is -1.07. The molecule has 1 saturated heterocycles. The van der Waals surface area contributed by atoms with Crippen molar-refractivity contribution in [3.63, 3.8) is 0 Å². The second-order valence-corrected chi connectivity index (χ2v) is 6.11. The Bertz CT molecular complexity index is 367. The van der Waals surface area contributed by atoms with Gasteiger partial charge in [-0.05, 0) is 31.7 Å². The number of aliphatic carboxylic acids is 1. The van der Waals surface area contributed by atoms with E-state index in [-0.39, 0.29) is 6.03 Å². The number of amides is 2. The van der Waals surface area contributed by atoms with Crippen molar-refractivity contribution in [1.82, 2.24) is 15.5 Å². The second kappa shape index (κ2) is 6.43. The maximum Gasteiger partial charge on any atom is 0.329 e. The van der Waals surface area contributed by atoms with Crippen LogP contribution in [0.25, 0.3) is 0 Å². The van der Waals surface area contributed by atoms with E-state index in [1.807, 2.05) is 0 Å². The monoisotopic (exact) mass is 283 g/mol. The zero-order valence-corrected chi connectivity index (χ0v) is 12.2. The van der Waals surface area contributed by atoms with Gasteiger partial charge in [0, 0.05) is 19.6 Å². The molecule has 0 aromatic carbocycles. The van der Waals surface area contributed by atoms with E-state index in [2.05, 4.69) is 17.6 Å². The summed E-state index contributed by atoms with van der Waals surface area (Å²) in [5.74, 6) is -0.559. The minimum Gasteiger partial charge on any atom is -0.480 e. The summed E-state index contributed by atoms with van der Waals surface area (Å²) < 4.78 is 0. The lowest BCUT2D eigenvalue weighted by Gasteiger charge is -2.38. The summed E-state index contributed by atoms with van der Waals surface area (Å²) >= 11 is 0. The summed E-state index contributed by atoms with van der Waals surface area (Å²) in [6, 6.07) is -0.231. The van der Waals surface area contributed by atoms with E-state index in [4.69, 9.17) is 0 Å². The third-order valence-electron chi connectivity index (χ3n) is 4.38. The molecule has 2 atom stereocenters. The van der Waals surface area contributed by atoms with Crippen molar-refractivity contribution in [3.8, 4) is 0 Å². The summed E-state index contributed by atoms with van der Waals surface area (Å²) in [7, 11) is 0. The molecule has 2 fully saturated rings. The topological polar surface area (TPSA) is 81.7 Å². The van der Waals surface area contributed by atoms with E-state index in [0.717, 1.165) is 32.4 Å². The number of carboxylic acids is 1. The zero-order chi connectivity index (χ0) is 14.6. The van der Waals surface area contributed by atoms with E-state index < -0.39 is 11.5 Å². The summed E-state index contributed by atoms with van der Waals surface area (Å²) in [4.78, 5) is 25.7. The second-order valence-electron chi connectivity index (χ2n) is 6.11. The lowest BCUT2D eigenvalue weighted by molar-refractivity contribution is -0.146. The molecule has 6 heteroatoms. The van der Waals surface area contributed by atoms with Gasteiger partial charge in [-0.1, -0.05) is 19.8 Å². The highest BCUT2D eigenvalue weighted by Crippen LogP contribution is 2.32. The first-order valence-electron chi connectivity index (χ1n) is 7.55. The fraction of sp³-hybridized carbons (Fsp3) is 0.857. The number of carbonyl (C=O) groups excluding carboxylic acids is 1. The summed E-state index contributed by atoms with van der Waals surface area (Å²) in [5.41, 5.74) is -1.07. The number of nitrogens with one attached hydrogen (secondary N) is 2. The van der Waals surface area contributed by atoms with Crippen LogP contribution in [0.5, 0.6) is 0 Å². The highest BCUT2D eigenvalue weighted by molar-refractivity contribution is 5.86. The Kier molecular flexibility index (Phi) is 4.86. The van der Waals surface area contributed by atoms with E-state index >= 15 is 0 Å². The lowest BCUT2D eigenvalue weighted by Crippen LogP contribution is -2.60. The zero-order valence-electron chi connectivity index (χ0n) is 12.2. The van der Waals surface area contributed by atoms with Crippen molar-refractivity contribution in [2.75, 3.05) is 26.2 Å². The first-order valence-corrected chi connectivity index (χ1v) is 7.55. The standard InChI is InChI=1S/C14H25N3O3/c1-11-4-2-5-14(10-11,12(18)19)16-13(20)17-8-3-6-15-7-9-17/h11,15H,2-10H2,1H3,(H,16,20)(H,18,19). The van der Waals surface area contributed by atoms with Crippen molar-refractivity contribution >= 4 is 12.0 Å². The highest BCUT2D eigenvalue weighted by Gasteiger charge is 2.43. The van der Waals surface area contributed by atoms with Crippen LogP contribution in [0.15, 0.2) is 0 Å². The van der Waals surface area contributed by atoms with E-state index in [1.54, 1.807) is 4.90 Å².